The highest BCUT2D eigenvalue weighted by atomic mass is 19.1. The Kier molecular flexibility index (Phi) is 8.12. The molecular weight excluding hydrogens is 488 g/mol. The van der Waals surface area contributed by atoms with Crippen LogP contribution in [0.15, 0.2) is 84.9 Å². The summed E-state index contributed by atoms with van der Waals surface area (Å²) >= 11 is 0. The van der Waals surface area contributed by atoms with Crippen molar-refractivity contribution in [1.29, 1.82) is 0 Å². The number of hydrogen-bond donors (Lipinski definition) is 1. The Hall–Kier alpha value is -4.17. The van der Waals surface area contributed by atoms with Gasteiger partial charge in [-0.1, -0.05) is 66.7 Å². The van der Waals surface area contributed by atoms with E-state index < -0.39 is 53.8 Å². The average molecular weight is 518 g/mol. The van der Waals surface area contributed by atoms with E-state index in [1.54, 1.807) is 7.05 Å². The topological polar surface area (TPSA) is 83.7 Å². The van der Waals surface area contributed by atoms with E-state index in [0.29, 0.717) is 6.07 Å². The molecule has 1 aliphatic heterocycles. The van der Waals surface area contributed by atoms with Crippen molar-refractivity contribution in [3.63, 3.8) is 0 Å². The number of benzene rings is 3. The van der Waals surface area contributed by atoms with Crippen molar-refractivity contribution in [3.8, 4) is 0 Å². The fourth-order valence-corrected chi connectivity index (χ4v) is 4.75. The van der Waals surface area contributed by atoms with Crippen LogP contribution in [0.3, 0.4) is 0 Å². The first-order chi connectivity index (χ1) is 18.2. The number of imide groups is 1. The number of likely N-dealkylation sites (N-methyl/N-ethyl adjacent to an activating group) is 1. The summed E-state index contributed by atoms with van der Waals surface area (Å²) in [6, 6.07) is 19.1. The van der Waals surface area contributed by atoms with Gasteiger partial charge in [-0.15, -0.1) is 0 Å². The SMILES string of the molecule is C[C@H](N)C(=O)N(C(=O)Cc1cc(F)cc(F)c1)[C@@H]1C(=O)N(C)CC(c2ccccc2)=C[C@H]1c1ccccc1. The van der Waals surface area contributed by atoms with E-state index >= 15 is 0 Å². The van der Waals surface area contributed by atoms with E-state index in [0.717, 1.165) is 33.7 Å². The molecule has 3 aromatic carbocycles. The molecule has 1 heterocycles. The van der Waals surface area contributed by atoms with Gasteiger partial charge in [-0.2, -0.15) is 0 Å². The minimum Gasteiger partial charge on any atom is -0.340 e. The predicted molar refractivity (Wildman–Crippen MR) is 141 cm³/mol. The molecule has 0 saturated heterocycles. The van der Waals surface area contributed by atoms with Gasteiger partial charge in [0.05, 0.1) is 12.5 Å². The van der Waals surface area contributed by atoms with Gasteiger partial charge in [0.1, 0.15) is 17.7 Å². The normalized spacial score (nSPS) is 18.4. The van der Waals surface area contributed by atoms with Crippen LogP contribution in [0.4, 0.5) is 8.78 Å². The van der Waals surface area contributed by atoms with E-state index in [-0.39, 0.29) is 12.1 Å². The summed E-state index contributed by atoms with van der Waals surface area (Å²) in [5.41, 5.74) is 8.46. The van der Waals surface area contributed by atoms with Crippen LogP contribution < -0.4 is 5.73 Å². The Labute approximate surface area is 220 Å². The first-order valence-corrected chi connectivity index (χ1v) is 12.3. The number of hydrogen-bond acceptors (Lipinski definition) is 4. The zero-order chi connectivity index (χ0) is 27.4. The molecule has 196 valence electrons. The van der Waals surface area contributed by atoms with Gasteiger partial charge in [-0.25, -0.2) is 8.78 Å². The Morgan fingerprint density at radius 3 is 2.16 bits per heavy atom. The van der Waals surface area contributed by atoms with Crippen molar-refractivity contribution < 1.29 is 23.2 Å². The molecule has 0 spiro atoms. The smallest absolute Gasteiger partial charge is 0.246 e. The molecule has 0 bridgehead atoms. The van der Waals surface area contributed by atoms with E-state index in [4.69, 9.17) is 5.73 Å². The van der Waals surface area contributed by atoms with E-state index in [1.807, 2.05) is 66.7 Å². The van der Waals surface area contributed by atoms with Gasteiger partial charge >= 0.3 is 0 Å². The molecule has 0 fully saturated rings. The monoisotopic (exact) mass is 517 g/mol. The highest BCUT2D eigenvalue weighted by Gasteiger charge is 2.43. The number of rotatable bonds is 6. The summed E-state index contributed by atoms with van der Waals surface area (Å²) in [6.07, 6.45) is 1.42. The number of carbonyl (C=O) groups excluding carboxylic acids is 3. The minimum absolute atomic E-state index is 0.0428. The lowest BCUT2D eigenvalue weighted by atomic mass is 9.87. The van der Waals surface area contributed by atoms with E-state index in [9.17, 15) is 23.2 Å². The minimum atomic E-state index is -1.26. The Balaban J connectivity index is 1.86. The van der Waals surface area contributed by atoms with Crippen LogP contribution in [0.1, 0.15) is 29.5 Å². The lowest BCUT2D eigenvalue weighted by Gasteiger charge is -2.35. The molecule has 2 N–H and O–H groups in total. The third-order valence-corrected chi connectivity index (χ3v) is 6.54. The first kappa shape index (κ1) is 26.9. The fraction of sp³-hybridized carbons (Fsp3) is 0.233. The maximum atomic E-state index is 13.9. The van der Waals surface area contributed by atoms with Crippen molar-refractivity contribution >= 4 is 23.3 Å². The van der Waals surface area contributed by atoms with E-state index in [1.165, 1.54) is 11.8 Å². The molecule has 38 heavy (non-hydrogen) atoms. The number of amides is 3. The second-order valence-electron chi connectivity index (χ2n) is 9.48. The fourth-order valence-electron chi connectivity index (χ4n) is 4.75. The first-order valence-electron chi connectivity index (χ1n) is 12.3. The number of nitrogens with zero attached hydrogens (tertiary/aromatic N) is 2. The number of halogens is 2. The second kappa shape index (κ2) is 11.5. The Morgan fingerprint density at radius 1 is 1.00 bits per heavy atom. The molecule has 1 aliphatic rings. The average Bonchev–Trinajstić information content (AvgIpc) is 3.01. The molecule has 3 atom stereocenters. The van der Waals surface area contributed by atoms with Crippen LogP contribution in [0, 0.1) is 11.6 Å². The van der Waals surface area contributed by atoms with Gasteiger partial charge in [0.25, 0.3) is 0 Å². The molecule has 3 amide bonds. The van der Waals surface area contributed by atoms with Crippen molar-refractivity contribution in [2.75, 3.05) is 13.6 Å². The third kappa shape index (κ3) is 5.86. The van der Waals surface area contributed by atoms with Gasteiger partial charge < -0.3 is 10.6 Å². The summed E-state index contributed by atoms with van der Waals surface area (Å²) < 4.78 is 27.7. The molecule has 0 aromatic heterocycles. The van der Waals surface area contributed by atoms with Gasteiger partial charge in [-0.3, -0.25) is 19.3 Å². The van der Waals surface area contributed by atoms with Crippen molar-refractivity contribution in [1.82, 2.24) is 9.80 Å². The zero-order valence-electron chi connectivity index (χ0n) is 21.2. The molecule has 0 unspecified atom stereocenters. The van der Waals surface area contributed by atoms with Gasteiger partial charge in [-0.05, 0) is 41.3 Å². The summed E-state index contributed by atoms with van der Waals surface area (Å²) in [4.78, 5) is 43.4. The molecule has 4 rings (SSSR count). The van der Waals surface area contributed by atoms with Crippen LogP contribution in [0.2, 0.25) is 0 Å². The zero-order valence-corrected chi connectivity index (χ0v) is 21.2. The lowest BCUT2D eigenvalue weighted by molar-refractivity contribution is -0.155. The Bertz CT molecular complexity index is 1340. The van der Waals surface area contributed by atoms with Crippen LogP contribution in [-0.4, -0.2) is 53.2 Å². The quantitative estimate of drug-likeness (QED) is 0.537. The van der Waals surface area contributed by atoms with Gasteiger partial charge in [0, 0.05) is 25.6 Å². The maximum Gasteiger partial charge on any atom is 0.246 e. The van der Waals surface area contributed by atoms with Crippen molar-refractivity contribution in [3.05, 3.63) is 113 Å². The highest BCUT2D eigenvalue weighted by molar-refractivity contribution is 6.03. The second-order valence-corrected chi connectivity index (χ2v) is 9.48. The van der Waals surface area contributed by atoms with Crippen molar-refractivity contribution in [2.45, 2.75) is 31.3 Å². The molecule has 8 heteroatoms. The van der Waals surface area contributed by atoms with Crippen molar-refractivity contribution in [2.24, 2.45) is 5.73 Å². The summed E-state index contributed by atoms with van der Waals surface area (Å²) in [5, 5.41) is 0. The predicted octanol–water partition coefficient (Wildman–Crippen LogP) is 3.92. The largest absolute Gasteiger partial charge is 0.340 e. The maximum absolute atomic E-state index is 13.9. The Morgan fingerprint density at radius 2 is 1.58 bits per heavy atom. The molecule has 0 radical (unpaired) electrons. The van der Waals surface area contributed by atoms with Crippen LogP contribution >= 0.6 is 0 Å². The molecule has 3 aromatic rings. The molecule has 6 nitrogen and oxygen atoms in total. The lowest BCUT2D eigenvalue weighted by Crippen LogP contribution is -2.58. The summed E-state index contributed by atoms with van der Waals surface area (Å²) in [7, 11) is 1.61. The standard InChI is InChI=1S/C30H29F2N3O3/c1-19(33)29(37)35(27(36)15-20-13-24(31)17-25(32)14-20)28-26(22-11-7-4-8-12-22)16-23(18-34(2)30(28)38)21-9-5-3-6-10-21/h3-14,16-17,19,26,28H,15,18,33H2,1-2H3/t19-,26-,28-/m0/s1. The van der Waals surface area contributed by atoms with Gasteiger partial charge in [0.15, 0.2) is 0 Å². The summed E-state index contributed by atoms with van der Waals surface area (Å²) in [6.45, 7) is 1.68. The summed E-state index contributed by atoms with van der Waals surface area (Å²) in [5.74, 6) is -4.37. The van der Waals surface area contributed by atoms with Crippen LogP contribution in [-0.2, 0) is 20.8 Å². The number of nitrogens with two attached hydrogens (primary N) is 1. The van der Waals surface area contributed by atoms with Crippen LogP contribution in [0.5, 0.6) is 0 Å². The molecule has 0 saturated carbocycles. The highest BCUT2D eigenvalue weighted by Crippen LogP contribution is 2.34. The molecular formula is C30H29F2N3O3. The van der Waals surface area contributed by atoms with Crippen LogP contribution in [0.25, 0.3) is 5.57 Å². The third-order valence-electron chi connectivity index (χ3n) is 6.54. The number of carbonyl (C=O) groups is 3. The molecule has 0 aliphatic carbocycles. The van der Waals surface area contributed by atoms with E-state index in [2.05, 4.69) is 0 Å². The van der Waals surface area contributed by atoms with Gasteiger partial charge in [0.2, 0.25) is 17.7 Å².